The second-order valence-electron chi connectivity index (χ2n) is 6.22. The summed E-state index contributed by atoms with van der Waals surface area (Å²) in [6, 6.07) is 21.7. The molecule has 3 aromatic carbocycles. The second kappa shape index (κ2) is 8.46. The highest BCUT2D eigenvalue weighted by Gasteiger charge is 2.18. The average molecular weight is 415 g/mol. The molecule has 144 valence electrons. The van der Waals surface area contributed by atoms with Gasteiger partial charge in [-0.15, -0.1) is 0 Å². The Hall–Kier alpha value is -2.83. The van der Waals surface area contributed by atoms with Crippen LogP contribution in [-0.4, -0.2) is 14.3 Å². The molecule has 3 aromatic rings. The Bertz CT molecular complexity index is 1070. The van der Waals surface area contributed by atoms with Crippen molar-refractivity contribution in [2.45, 2.75) is 17.9 Å². The van der Waals surface area contributed by atoms with Crippen molar-refractivity contribution in [1.29, 1.82) is 0 Å². The highest BCUT2D eigenvalue weighted by molar-refractivity contribution is 7.92. The summed E-state index contributed by atoms with van der Waals surface area (Å²) in [5.74, 6) is -0.387. The number of rotatable bonds is 6. The minimum Gasteiger partial charge on any atom is -0.345 e. The minimum atomic E-state index is -3.76. The van der Waals surface area contributed by atoms with Crippen LogP contribution in [0, 0.1) is 0 Å². The minimum absolute atomic E-state index is 0.133. The molecule has 0 saturated carbocycles. The molecule has 5 nitrogen and oxygen atoms in total. The lowest BCUT2D eigenvalue weighted by molar-refractivity contribution is 0.0940. The fourth-order valence-corrected chi connectivity index (χ4v) is 3.95. The molecule has 1 amide bonds. The molecule has 0 spiro atoms. The summed E-state index contributed by atoms with van der Waals surface area (Å²) in [7, 11) is -3.76. The normalized spacial score (nSPS) is 12.2. The van der Waals surface area contributed by atoms with Gasteiger partial charge in [-0.1, -0.05) is 60.1 Å². The van der Waals surface area contributed by atoms with Crippen LogP contribution < -0.4 is 10.0 Å². The summed E-state index contributed by atoms with van der Waals surface area (Å²) in [6.07, 6.45) is 0. The average Bonchev–Trinajstić information content (AvgIpc) is 2.70. The van der Waals surface area contributed by atoms with Gasteiger partial charge in [-0.25, -0.2) is 8.42 Å². The van der Waals surface area contributed by atoms with Crippen LogP contribution in [0.25, 0.3) is 0 Å². The van der Waals surface area contributed by atoms with Gasteiger partial charge in [0.2, 0.25) is 0 Å². The van der Waals surface area contributed by atoms with Gasteiger partial charge < -0.3 is 5.32 Å². The van der Waals surface area contributed by atoms with Crippen molar-refractivity contribution in [1.82, 2.24) is 5.32 Å². The van der Waals surface area contributed by atoms with Gasteiger partial charge in [0.05, 0.1) is 21.5 Å². The van der Waals surface area contributed by atoms with E-state index in [4.69, 9.17) is 11.6 Å². The Kier molecular flexibility index (Phi) is 6.02. The van der Waals surface area contributed by atoms with E-state index in [1.807, 2.05) is 37.3 Å². The monoisotopic (exact) mass is 414 g/mol. The third-order valence-electron chi connectivity index (χ3n) is 4.16. The molecule has 0 radical (unpaired) electrons. The molecule has 0 aliphatic carbocycles. The van der Waals surface area contributed by atoms with E-state index in [1.165, 1.54) is 30.3 Å². The van der Waals surface area contributed by atoms with Crippen LogP contribution in [0.1, 0.15) is 28.9 Å². The van der Waals surface area contributed by atoms with E-state index in [9.17, 15) is 13.2 Å². The molecule has 1 atom stereocenters. The Morgan fingerprint density at radius 3 is 2.18 bits per heavy atom. The van der Waals surface area contributed by atoms with Crippen LogP contribution in [-0.2, 0) is 10.0 Å². The fraction of sp³-hybridized carbons (Fsp3) is 0.0952. The Balaban J connectivity index is 1.80. The summed E-state index contributed by atoms with van der Waals surface area (Å²) in [4.78, 5) is 12.8. The summed E-state index contributed by atoms with van der Waals surface area (Å²) in [5.41, 5.74) is 1.40. The maximum absolute atomic E-state index is 12.7. The first-order valence-corrected chi connectivity index (χ1v) is 10.5. The number of nitrogens with one attached hydrogen (secondary N) is 2. The van der Waals surface area contributed by atoms with E-state index < -0.39 is 10.0 Å². The van der Waals surface area contributed by atoms with E-state index in [1.54, 1.807) is 18.2 Å². The molecule has 0 aliphatic heterocycles. The zero-order chi connectivity index (χ0) is 20.1. The van der Waals surface area contributed by atoms with Gasteiger partial charge in [-0.2, -0.15) is 0 Å². The van der Waals surface area contributed by atoms with Crippen LogP contribution in [0.4, 0.5) is 5.69 Å². The number of carbonyl (C=O) groups is 1. The van der Waals surface area contributed by atoms with Crippen molar-refractivity contribution in [3.8, 4) is 0 Å². The summed E-state index contributed by atoms with van der Waals surface area (Å²) in [6.45, 7) is 1.86. The molecule has 0 heterocycles. The topological polar surface area (TPSA) is 75.3 Å². The second-order valence-corrected chi connectivity index (χ2v) is 8.31. The first kappa shape index (κ1) is 19.9. The smallest absolute Gasteiger partial charge is 0.261 e. The maximum atomic E-state index is 12.7. The quantitative estimate of drug-likeness (QED) is 0.617. The lowest BCUT2D eigenvalue weighted by atomic mass is 10.1. The van der Waals surface area contributed by atoms with Crippen molar-refractivity contribution in [3.63, 3.8) is 0 Å². The fourth-order valence-electron chi connectivity index (χ4n) is 2.68. The zero-order valence-electron chi connectivity index (χ0n) is 15.1. The molecular formula is C21H19ClN2O3S. The first-order chi connectivity index (χ1) is 13.4. The van der Waals surface area contributed by atoms with Crippen LogP contribution in [0.3, 0.4) is 0 Å². The van der Waals surface area contributed by atoms with Crippen LogP contribution in [0.15, 0.2) is 83.8 Å². The lowest BCUT2D eigenvalue weighted by Gasteiger charge is -2.16. The van der Waals surface area contributed by atoms with Crippen molar-refractivity contribution in [3.05, 3.63) is 95.0 Å². The predicted molar refractivity (Wildman–Crippen MR) is 111 cm³/mol. The van der Waals surface area contributed by atoms with Crippen molar-refractivity contribution >= 4 is 33.2 Å². The summed E-state index contributed by atoms with van der Waals surface area (Å²) >= 11 is 6.17. The number of hydrogen-bond acceptors (Lipinski definition) is 3. The first-order valence-electron chi connectivity index (χ1n) is 8.60. The van der Waals surface area contributed by atoms with E-state index in [0.717, 1.165) is 5.56 Å². The van der Waals surface area contributed by atoms with Crippen molar-refractivity contribution in [2.75, 3.05) is 4.72 Å². The van der Waals surface area contributed by atoms with E-state index in [0.29, 0.717) is 0 Å². The van der Waals surface area contributed by atoms with E-state index >= 15 is 0 Å². The number of anilines is 1. The number of halogens is 1. The SMILES string of the molecule is C[C@@H](NC(=O)c1cc(NS(=O)(=O)c2ccccc2)ccc1Cl)c1ccccc1. The number of benzene rings is 3. The van der Waals surface area contributed by atoms with Crippen molar-refractivity contribution in [2.24, 2.45) is 0 Å². The predicted octanol–water partition coefficient (Wildman–Crippen LogP) is 4.63. The van der Waals surface area contributed by atoms with Crippen molar-refractivity contribution < 1.29 is 13.2 Å². The standard InChI is InChI=1S/C21H19ClN2O3S/c1-15(16-8-4-2-5-9-16)23-21(25)19-14-17(12-13-20(19)22)24-28(26,27)18-10-6-3-7-11-18/h2-15,24H,1H3,(H,23,25)/t15-/m1/s1. The van der Waals surface area contributed by atoms with Gasteiger partial charge in [0, 0.05) is 5.69 Å². The van der Waals surface area contributed by atoms with Crippen LogP contribution >= 0.6 is 11.6 Å². The highest BCUT2D eigenvalue weighted by atomic mass is 35.5. The third kappa shape index (κ3) is 4.71. The maximum Gasteiger partial charge on any atom is 0.261 e. The van der Waals surface area contributed by atoms with Crippen LogP contribution in [0.5, 0.6) is 0 Å². The molecule has 0 saturated heterocycles. The van der Waals surface area contributed by atoms with Gasteiger partial charge in [-0.3, -0.25) is 9.52 Å². The Labute approximate surface area is 169 Å². The third-order valence-corrected chi connectivity index (χ3v) is 5.89. The van der Waals surface area contributed by atoms with Crippen LogP contribution in [0.2, 0.25) is 5.02 Å². The molecule has 7 heteroatoms. The molecule has 0 unspecified atom stereocenters. The van der Waals surface area contributed by atoms with Gasteiger partial charge in [0.15, 0.2) is 0 Å². The molecular weight excluding hydrogens is 396 g/mol. The number of hydrogen-bond donors (Lipinski definition) is 2. The summed E-state index contributed by atoms with van der Waals surface area (Å²) in [5, 5.41) is 3.11. The largest absolute Gasteiger partial charge is 0.345 e. The molecule has 0 bridgehead atoms. The van der Waals surface area contributed by atoms with Gasteiger partial charge >= 0.3 is 0 Å². The lowest BCUT2D eigenvalue weighted by Crippen LogP contribution is -2.27. The van der Waals surface area contributed by atoms with Gasteiger partial charge in [0.1, 0.15) is 0 Å². The molecule has 28 heavy (non-hydrogen) atoms. The van der Waals surface area contributed by atoms with E-state index in [2.05, 4.69) is 10.0 Å². The Morgan fingerprint density at radius 2 is 1.54 bits per heavy atom. The number of sulfonamides is 1. The van der Waals surface area contributed by atoms with Gasteiger partial charge in [0.25, 0.3) is 15.9 Å². The van der Waals surface area contributed by atoms with E-state index in [-0.39, 0.29) is 33.1 Å². The highest BCUT2D eigenvalue weighted by Crippen LogP contribution is 2.24. The molecule has 0 aliphatic rings. The number of amides is 1. The molecule has 0 aromatic heterocycles. The molecule has 3 rings (SSSR count). The Morgan fingerprint density at radius 1 is 0.929 bits per heavy atom. The summed E-state index contributed by atoms with van der Waals surface area (Å²) < 4.78 is 27.4. The molecule has 0 fully saturated rings. The zero-order valence-corrected chi connectivity index (χ0v) is 16.7. The van der Waals surface area contributed by atoms with Gasteiger partial charge in [-0.05, 0) is 42.8 Å². The number of carbonyl (C=O) groups excluding carboxylic acids is 1. The molecule has 2 N–H and O–H groups in total.